The Morgan fingerprint density at radius 3 is 2.56 bits per heavy atom. The Hall–Kier alpha value is -2.45. The number of benzene rings is 1. The molecule has 0 atom stereocenters. The van der Waals surface area contributed by atoms with E-state index in [1.807, 2.05) is 4.90 Å². The zero-order chi connectivity index (χ0) is 18.0. The maximum atomic E-state index is 12.4. The van der Waals surface area contributed by atoms with Gasteiger partial charge in [0.25, 0.3) is 17.7 Å². The Morgan fingerprint density at radius 2 is 1.96 bits per heavy atom. The van der Waals surface area contributed by atoms with Crippen molar-refractivity contribution in [3.05, 3.63) is 29.8 Å². The highest BCUT2D eigenvalue weighted by atomic mass is 16.7. The average Bonchev–Trinajstić information content (AvgIpc) is 2.84. The van der Waals surface area contributed by atoms with Crippen LogP contribution in [0.3, 0.4) is 0 Å². The molecule has 0 aromatic heterocycles. The number of imide groups is 1. The molecule has 2 aliphatic rings. The second kappa shape index (κ2) is 6.81. The van der Waals surface area contributed by atoms with E-state index >= 15 is 0 Å². The lowest BCUT2D eigenvalue weighted by Gasteiger charge is -2.37. The van der Waals surface area contributed by atoms with E-state index in [1.54, 1.807) is 18.2 Å². The number of carbonyl (C=O) groups excluding carboxylic acids is 3. The molecule has 0 saturated carbocycles. The number of hydrogen-bond acceptors (Lipinski definition) is 6. The topological polar surface area (TPSA) is 99.2 Å². The summed E-state index contributed by atoms with van der Waals surface area (Å²) in [6, 6.07) is 6.35. The maximum absolute atomic E-state index is 12.4. The number of hydrogen-bond donors (Lipinski definition) is 2. The van der Waals surface area contributed by atoms with E-state index in [1.165, 1.54) is 13.2 Å². The fraction of sp³-hybridized carbons (Fsp3) is 0.471. The maximum Gasteiger partial charge on any atom is 0.260 e. The molecule has 0 radical (unpaired) electrons. The van der Waals surface area contributed by atoms with Crippen molar-refractivity contribution in [2.24, 2.45) is 5.41 Å². The molecule has 1 aromatic carbocycles. The standard InChI is InChI=1S/C17H21N3O5/c1-25-20-14(22)10-17(16(20)24)6-8-19(9-7-17)11-18-15(23)12-4-2-3-5-13(12)21/h2-5,21H,6-11H2,1H3,(H,18,23). The van der Waals surface area contributed by atoms with Gasteiger partial charge in [0.1, 0.15) is 5.75 Å². The normalized spacial score (nSPS) is 20.3. The lowest BCUT2D eigenvalue weighted by atomic mass is 9.77. The SMILES string of the molecule is CON1C(=O)CC2(CCN(CNC(=O)c3ccccc3O)CC2)C1=O. The predicted molar refractivity (Wildman–Crippen MR) is 87.2 cm³/mol. The zero-order valence-corrected chi connectivity index (χ0v) is 14.0. The van der Waals surface area contributed by atoms with Gasteiger partial charge in [0.15, 0.2) is 0 Å². The highest BCUT2D eigenvalue weighted by molar-refractivity contribution is 6.04. The number of para-hydroxylation sites is 1. The zero-order valence-electron chi connectivity index (χ0n) is 14.0. The van der Waals surface area contributed by atoms with Gasteiger partial charge in [0.2, 0.25) is 0 Å². The summed E-state index contributed by atoms with van der Waals surface area (Å²) in [6.45, 7) is 1.51. The minimum absolute atomic E-state index is 0.0627. The third-order valence-corrected chi connectivity index (χ3v) is 4.96. The lowest BCUT2D eigenvalue weighted by molar-refractivity contribution is -0.183. The van der Waals surface area contributed by atoms with Gasteiger partial charge in [-0.25, -0.2) is 0 Å². The van der Waals surface area contributed by atoms with Gasteiger partial charge in [-0.2, -0.15) is 5.06 Å². The minimum Gasteiger partial charge on any atom is -0.507 e. The molecule has 1 aromatic rings. The van der Waals surface area contributed by atoms with Crippen LogP contribution < -0.4 is 5.32 Å². The number of rotatable bonds is 4. The van der Waals surface area contributed by atoms with Crippen molar-refractivity contribution in [2.45, 2.75) is 19.3 Å². The van der Waals surface area contributed by atoms with Crippen LogP contribution in [0.25, 0.3) is 0 Å². The molecule has 2 fully saturated rings. The highest BCUT2D eigenvalue weighted by Gasteiger charge is 2.53. The molecular weight excluding hydrogens is 326 g/mol. The molecule has 0 bridgehead atoms. The molecule has 2 heterocycles. The Kier molecular flexibility index (Phi) is 4.73. The second-order valence-electron chi connectivity index (χ2n) is 6.43. The number of phenolic OH excluding ortho intramolecular Hbond substituents is 1. The number of amides is 3. The number of nitrogens with one attached hydrogen (secondary N) is 1. The second-order valence-corrected chi connectivity index (χ2v) is 6.43. The Morgan fingerprint density at radius 1 is 1.28 bits per heavy atom. The van der Waals surface area contributed by atoms with Gasteiger partial charge in [-0.05, 0) is 25.0 Å². The van der Waals surface area contributed by atoms with Crippen molar-refractivity contribution in [3.8, 4) is 5.75 Å². The molecule has 0 aliphatic carbocycles. The largest absolute Gasteiger partial charge is 0.507 e. The van der Waals surface area contributed by atoms with Crippen LogP contribution in [0.15, 0.2) is 24.3 Å². The van der Waals surface area contributed by atoms with Crippen LogP contribution in [0.5, 0.6) is 5.75 Å². The molecule has 2 aliphatic heterocycles. The smallest absolute Gasteiger partial charge is 0.260 e. The van der Waals surface area contributed by atoms with E-state index in [0.717, 1.165) is 5.06 Å². The van der Waals surface area contributed by atoms with Gasteiger partial charge in [0, 0.05) is 19.5 Å². The Bertz CT molecular complexity index is 697. The number of likely N-dealkylation sites (tertiary alicyclic amines) is 1. The average molecular weight is 347 g/mol. The number of hydroxylamine groups is 2. The summed E-state index contributed by atoms with van der Waals surface area (Å²) in [7, 11) is 1.32. The molecule has 8 nitrogen and oxygen atoms in total. The molecule has 25 heavy (non-hydrogen) atoms. The van der Waals surface area contributed by atoms with Crippen LogP contribution in [0.4, 0.5) is 0 Å². The highest BCUT2D eigenvalue weighted by Crippen LogP contribution is 2.42. The van der Waals surface area contributed by atoms with E-state index in [9.17, 15) is 19.5 Å². The van der Waals surface area contributed by atoms with Gasteiger partial charge in [-0.15, -0.1) is 0 Å². The van der Waals surface area contributed by atoms with Crippen molar-refractivity contribution in [1.29, 1.82) is 0 Å². The van der Waals surface area contributed by atoms with Crippen LogP contribution in [0.2, 0.25) is 0 Å². The number of piperidine rings is 1. The molecule has 2 saturated heterocycles. The fourth-order valence-electron chi connectivity index (χ4n) is 3.42. The monoisotopic (exact) mass is 347 g/mol. The van der Waals surface area contributed by atoms with E-state index < -0.39 is 5.41 Å². The van der Waals surface area contributed by atoms with Crippen LogP contribution >= 0.6 is 0 Å². The molecule has 3 amide bonds. The molecular formula is C17H21N3O5. The number of aromatic hydroxyl groups is 1. The van der Waals surface area contributed by atoms with E-state index in [0.29, 0.717) is 32.6 Å². The first-order valence-corrected chi connectivity index (χ1v) is 8.17. The molecule has 8 heteroatoms. The van der Waals surface area contributed by atoms with E-state index in [-0.39, 0.29) is 35.5 Å². The van der Waals surface area contributed by atoms with Crippen molar-refractivity contribution < 1.29 is 24.3 Å². The van der Waals surface area contributed by atoms with E-state index in [4.69, 9.17) is 4.84 Å². The predicted octanol–water partition coefficient (Wildman–Crippen LogP) is 0.482. The quantitative estimate of drug-likeness (QED) is 0.769. The molecule has 3 rings (SSSR count). The van der Waals surface area contributed by atoms with Crippen LogP contribution in [-0.2, 0) is 14.4 Å². The summed E-state index contributed by atoms with van der Waals surface area (Å²) in [6.07, 6.45) is 1.27. The van der Waals surface area contributed by atoms with Crippen molar-refractivity contribution in [3.63, 3.8) is 0 Å². The molecule has 1 spiro atoms. The summed E-state index contributed by atoms with van der Waals surface area (Å²) >= 11 is 0. The summed E-state index contributed by atoms with van der Waals surface area (Å²) in [4.78, 5) is 43.2. The van der Waals surface area contributed by atoms with Gasteiger partial charge in [-0.1, -0.05) is 12.1 Å². The third-order valence-electron chi connectivity index (χ3n) is 4.96. The molecule has 134 valence electrons. The van der Waals surface area contributed by atoms with Crippen LogP contribution in [0.1, 0.15) is 29.6 Å². The van der Waals surface area contributed by atoms with Crippen molar-refractivity contribution in [2.75, 3.05) is 26.9 Å². The Balaban J connectivity index is 1.54. The molecule has 2 N–H and O–H groups in total. The number of carbonyl (C=O) groups is 3. The van der Waals surface area contributed by atoms with Crippen molar-refractivity contribution >= 4 is 17.7 Å². The van der Waals surface area contributed by atoms with Crippen molar-refractivity contribution in [1.82, 2.24) is 15.3 Å². The third kappa shape index (κ3) is 3.22. The first-order chi connectivity index (χ1) is 12.0. The van der Waals surface area contributed by atoms with Gasteiger partial charge in [-0.3, -0.25) is 24.1 Å². The summed E-state index contributed by atoms with van der Waals surface area (Å²) in [5.41, 5.74) is -0.450. The lowest BCUT2D eigenvalue weighted by Crippen LogP contribution is -2.47. The van der Waals surface area contributed by atoms with Gasteiger partial charge < -0.3 is 10.4 Å². The summed E-state index contributed by atoms with van der Waals surface area (Å²) in [5.74, 6) is -0.977. The fourth-order valence-corrected chi connectivity index (χ4v) is 3.42. The minimum atomic E-state index is -0.675. The molecule has 0 unspecified atom stereocenters. The number of phenols is 1. The summed E-state index contributed by atoms with van der Waals surface area (Å²) in [5, 5.41) is 13.3. The Labute approximate surface area is 145 Å². The van der Waals surface area contributed by atoms with Gasteiger partial charge in [0.05, 0.1) is 24.8 Å². The van der Waals surface area contributed by atoms with Gasteiger partial charge >= 0.3 is 0 Å². The van der Waals surface area contributed by atoms with Crippen LogP contribution in [0, 0.1) is 5.41 Å². The summed E-state index contributed by atoms with van der Waals surface area (Å²) < 4.78 is 0. The van der Waals surface area contributed by atoms with E-state index in [2.05, 4.69) is 5.32 Å². The first-order valence-electron chi connectivity index (χ1n) is 8.17. The first kappa shape index (κ1) is 17.4. The number of nitrogens with zero attached hydrogens (tertiary/aromatic N) is 2. The van der Waals surface area contributed by atoms with Crippen LogP contribution in [-0.4, -0.2) is 59.7 Å².